The maximum atomic E-state index is 16.2. The molecule has 4 N–H and O–H groups in total. The summed E-state index contributed by atoms with van der Waals surface area (Å²) >= 11 is 0. The van der Waals surface area contributed by atoms with E-state index in [9.17, 15) is 13.5 Å². The van der Waals surface area contributed by atoms with Gasteiger partial charge in [-0.25, -0.2) is 12.8 Å². The minimum absolute atomic E-state index is 0.0285. The number of pyridine rings is 2. The van der Waals surface area contributed by atoms with Crippen LogP contribution in [0.1, 0.15) is 42.3 Å². The van der Waals surface area contributed by atoms with Crippen LogP contribution in [-0.4, -0.2) is 40.2 Å². The lowest BCUT2D eigenvalue weighted by Crippen LogP contribution is -2.45. The van der Waals surface area contributed by atoms with E-state index in [1.807, 2.05) is 0 Å². The van der Waals surface area contributed by atoms with E-state index in [2.05, 4.69) is 30.5 Å². The monoisotopic (exact) mass is 538 g/mol. The zero-order valence-electron chi connectivity index (χ0n) is 21.2. The molecule has 0 bridgehead atoms. The van der Waals surface area contributed by atoms with E-state index in [0.29, 0.717) is 17.0 Å². The summed E-state index contributed by atoms with van der Waals surface area (Å²) in [6.45, 7) is 6.42. The second-order valence-corrected chi connectivity index (χ2v) is 11.6. The van der Waals surface area contributed by atoms with Gasteiger partial charge in [0.2, 0.25) is 10.0 Å². The van der Waals surface area contributed by atoms with Crippen LogP contribution >= 0.6 is 0 Å². The summed E-state index contributed by atoms with van der Waals surface area (Å²) in [7, 11) is -3.74. The van der Waals surface area contributed by atoms with Crippen molar-refractivity contribution in [3.05, 3.63) is 89.1 Å². The summed E-state index contributed by atoms with van der Waals surface area (Å²) in [5.41, 5.74) is -0.141. The van der Waals surface area contributed by atoms with E-state index in [-0.39, 0.29) is 33.9 Å². The molecule has 10 nitrogen and oxygen atoms in total. The molecule has 3 aromatic heterocycles. The predicted molar refractivity (Wildman–Crippen MR) is 140 cm³/mol. The van der Waals surface area contributed by atoms with Crippen LogP contribution in [0, 0.1) is 19.7 Å². The number of benzene rings is 1. The lowest BCUT2D eigenvalue weighted by molar-refractivity contribution is 0.117. The van der Waals surface area contributed by atoms with Crippen molar-refractivity contribution in [3.63, 3.8) is 0 Å². The first-order valence-electron chi connectivity index (χ1n) is 11.9. The fourth-order valence-corrected chi connectivity index (χ4v) is 5.24. The number of fused-ring (bicyclic) bond motifs is 1. The quantitative estimate of drug-likeness (QED) is 0.277. The molecule has 0 amide bonds. The van der Waals surface area contributed by atoms with Crippen LogP contribution in [0.15, 0.2) is 59.4 Å². The number of nitrogens with zero attached hydrogens (tertiary/aromatic N) is 3. The summed E-state index contributed by atoms with van der Waals surface area (Å²) in [4.78, 5) is 8.81. The largest absolute Gasteiger partial charge is 0.373 e. The van der Waals surface area contributed by atoms with Crippen molar-refractivity contribution in [3.8, 4) is 11.1 Å². The van der Waals surface area contributed by atoms with E-state index >= 15 is 4.39 Å². The average molecular weight is 539 g/mol. The van der Waals surface area contributed by atoms with E-state index in [4.69, 9.17) is 4.52 Å². The first-order chi connectivity index (χ1) is 18.0. The Morgan fingerprint density at radius 2 is 1.66 bits per heavy atom. The Hall–Kier alpha value is -3.87. The molecule has 0 fully saturated rings. The molecule has 4 aromatic rings. The van der Waals surface area contributed by atoms with E-state index in [1.54, 1.807) is 50.2 Å². The van der Waals surface area contributed by atoms with E-state index in [1.165, 1.54) is 32.3 Å². The maximum absolute atomic E-state index is 16.2. The fourth-order valence-electron chi connectivity index (χ4n) is 4.52. The number of aryl methyl sites for hydroxylation is 2. The molecule has 0 saturated heterocycles. The van der Waals surface area contributed by atoms with Crippen molar-refractivity contribution in [2.75, 3.05) is 10.6 Å². The molecule has 12 heteroatoms. The Labute approximate surface area is 219 Å². The highest BCUT2D eigenvalue weighted by Gasteiger charge is 2.43. The van der Waals surface area contributed by atoms with E-state index in [0.717, 1.165) is 0 Å². The number of hydrogen-bond acceptors (Lipinski definition) is 9. The van der Waals surface area contributed by atoms with Gasteiger partial charge in [-0.3, -0.25) is 9.97 Å². The second kappa shape index (κ2) is 9.46. The van der Waals surface area contributed by atoms with Gasteiger partial charge in [0.1, 0.15) is 5.76 Å². The molecule has 0 saturated carbocycles. The average Bonchev–Trinajstić information content (AvgIpc) is 3.47. The number of aromatic nitrogens is 3. The molecule has 1 aliphatic rings. The molecule has 38 heavy (non-hydrogen) atoms. The van der Waals surface area contributed by atoms with Crippen LogP contribution in [0.25, 0.3) is 11.1 Å². The minimum atomic E-state index is -3.74. The zero-order valence-corrected chi connectivity index (χ0v) is 22.0. The van der Waals surface area contributed by atoms with Gasteiger partial charge in [-0.2, -0.15) is 4.72 Å². The SMILES string of the molecule is Cc1noc(C)c1-c1cc(C(O)(c2ccccn2)c2ccccn2)c2c(c1F)NC(NS(=O)(=O)C(C)C)N2. The Bertz CT molecular complexity index is 1530. The fraction of sp³-hybridized carbons (Fsp3) is 0.269. The molecule has 1 atom stereocenters. The summed E-state index contributed by atoms with van der Waals surface area (Å²) in [5.74, 6) is -0.282. The van der Waals surface area contributed by atoms with Crippen molar-refractivity contribution in [2.45, 2.75) is 44.8 Å². The number of aliphatic hydroxyl groups is 1. The molecule has 1 aliphatic heterocycles. The summed E-state index contributed by atoms with van der Waals surface area (Å²) in [5, 5.41) is 21.6. The standard InChI is InChI=1S/C26H27FN6O4S/c1-14(2)38(35,36)33-25-30-23-18(13-17(22(27)24(23)31-25)21-15(3)32-37-16(21)4)26(34,19-9-5-7-11-28-19)20-10-6-8-12-29-20/h5-14,25,30-31,33-34H,1-4H3. The Balaban J connectivity index is 1.79. The van der Waals surface area contributed by atoms with Gasteiger partial charge in [-0.05, 0) is 58.0 Å². The smallest absolute Gasteiger partial charge is 0.217 e. The van der Waals surface area contributed by atoms with E-state index < -0.39 is 33.0 Å². The molecule has 4 heterocycles. The molecular weight excluding hydrogens is 511 g/mol. The van der Waals surface area contributed by atoms with Crippen LogP contribution in [0.4, 0.5) is 15.8 Å². The summed E-state index contributed by atoms with van der Waals surface area (Å²) in [6, 6.07) is 11.6. The summed E-state index contributed by atoms with van der Waals surface area (Å²) in [6.07, 6.45) is 1.99. The number of anilines is 2. The van der Waals surface area contributed by atoms with Crippen molar-refractivity contribution >= 4 is 21.4 Å². The highest BCUT2D eigenvalue weighted by Crippen LogP contribution is 2.48. The topological polar surface area (TPSA) is 142 Å². The Morgan fingerprint density at radius 1 is 1.05 bits per heavy atom. The lowest BCUT2D eigenvalue weighted by Gasteiger charge is -2.30. The van der Waals surface area contributed by atoms with Crippen molar-refractivity contribution in [1.29, 1.82) is 0 Å². The molecule has 5 rings (SSSR count). The highest BCUT2D eigenvalue weighted by atomic mass is 32.2. The number of nitrogens with one attached hydrogen (secondary N) is 3. The third-order valence-electron chi connectivity index (χ3n) is 6.51. The number of hydrogen-bond donors (Lipinski definition) is 4. The van der Waals surface area contributed by atoms with Gasteiger partial charge in [0, 0.05) is 23.5 Å². The molecule has 0 aliphatic carbocycles. The van der Waals surface area contributed by atoms with Gasteiger partial charge < -0.3 is 20.3 Å². The number of halogens is 1. The highest BCUT2D eigenvalue weighted by molar-refractivity contribution is 7.90. The first kappa shape index (κ1) is 25.8. The molecule has 1 unspecified atom stereocenters. The van der Waals surface area contributed by atoms with Crippen LogP contribution in [0.3, 0.4) is 0 Å². The van der Waals surface area contributed by atoms with Crippen LogP contribution in [0.2, 0.25) is 0 Å². The van der Waals surface area contributed by atoms with Gasteiger partial charge >= 0.3 is 0 Å². The maximum Gasteiger partial charge on any atom is 0.217 e. The lowest BCUT2D eigenvalue weighted by atomic mass is 9.82. The zero-order chi connectivity index (χ0) is 27.2. The normalized spacial score (nSPS) is 15.3. The predicted octanol–water partition coefficient (Wildman–Crippen LogP) is 3.62. The van der Waals surface area contributed by atoms with Crippen molar-refractivity contribution < 1.29 is 22.4 Å². The van der Waals surface area contributed by atoms with Gasteiger partial charge in [-0.15, -0.1) is 0 Å². The van der Waals surface area contributed by atoms with Crippen LogP contribution in [-0.2, 0) is 15.6 Å². The van der Waals surface area contributed by atoms with Crippen LogP contribution < -0.4 is 15.4 Å². The number of rotatable bonds is 7. The van der Waals surface area contributed by atoms with Gasteiger partial charge in [-0.1, -0.05) is 17.3 Å². The Kier molecular flexibility index (Phi) is 6.41. The molecule has 198 valence electrons. The van der Waals surface area contributed by atoms with Crippen molar-refractivity contribution in [2.24, 2.45) is 0 Å². The second-order valence-electron chi connectivity index (χ2n) is 9.31. The number of sulfonamides is 1. The van der Waals surface area contributed by atoms with Gasteiger partial charge in [0.15, 0.2) is 17.7 Å². The van der Waals surface area contributed by atoms with Crippen LogP contribution in [0.5, 0.6) is 0 Å². The van der Waals surface area contributed by atoms with Gasteiger partial charge in [0.25, 0.3) is 0 Å². The van der Waals surface area contributed by atoms with Gasteiger partial charge in [0.05, 0.1) is 39.3 Å². The molecule has 0 spiro atoms. The Morgan fingerprint density at radius 3 is 2.16 bits per heavy atom. The third kappa shape index (κ3) is 4.20. The first-order valence-corrected chi connectivity index (χ1v) is 13.5. The molecule has 0 radical (unpaired) electrons. The minimum Gasteiger partial charge on any atom is -0.373 e. The summed E-state index contributed by atoms with van der Waals surface area (Å²) < 4.78 is 49.2. The third-order valence-corrected chi connectivity index (χ3v) is 8.31. The molecular formula is C26H27FN6O4S. The van der Waals surface area contributed by atoms with Crippen molar-refractivity contribution in [1.82, 2.24) is 19.8 Å². The molecule has 1 aromatic carbocycles.